The van der Waals surface area contributed by atoms with Gasteiger partial charge >= 0.3 is 0 Å². The molecule has 1 atom stereocenters. The largest absolute Gasteiger partial charge is 0.324 e. The Morgan fingerprint density at radius 3 is 2.75 bits per heavy atom. The van der Waals surface area contributed by atoms with Gasteiger partial charge in [0, 0.05) is 11.6 Å². The lowest BCUT2D eigenvalue weighted by Gasteiger charge is -2.28. The molecule has 0 spiro atoms. The number of piperidine rings is 1. The van der Waals surface area contributed by atoms with Crippen LogP contribution in [0.3, 0.4) is 0 Å². The lowest BCUT2D eigenvalue weighted by Crippen LogP contribution is -2.34. The highest BCUT2D eigenvalue weighted by molar-refractivity contribution is 5.27. The van der Waals surface area contributed by atoms with Crippen molar-refractivity contribution in [2.75, 3.05) is 13.1 Å². The summed E-state index contributed by atoms with van der Waals surface area (Å²) in [4.78, 5) is 0. The fraction of sp³-hybridized carbons (Fsp3) is 0.538. The number of benzene rings is 1. The molecule has 16 heavy (non-hydrogen) atoms. The minimum atomic E-state index is -0.170. The summed E-state index contributed by atoms with van der Waals surface area (Å²) in [5.41, 5.74) is 7.91. The van der Waals surface area contributed by atoms with Gasteiger partial charge in [0.2, 0.25) is 0 Å². The Morgan fingerprint density at radius 1 is 1.38 bits per heavy atom. The van der Waals surface area contributed by atoms with E-state index in [1.807, 2.05) is 13.0 Å². The molecule has 1 saturated heterocycles. The summed E-state index contributed by atoms with van der Waals surface area (Å²) in [5.74, 6) is 0.231. The van der Waals surface area contributed by atoms with Crippen molar-refractivity contribution in [3.05, 3.63) is 35.1 Å². The zero-order valence-electron chi connectivity index (χ0n) is 9.67. The van der Waals surface area contributed by atoms with E-state index in [1.165, 1.54) is 6.07 Å². The molecule has 0 radical (unpaired) electrons. The third-order valence-corrected chi connectivity index (χ3v) is 3.40. The summed E-state index contributed by atoms with van der Waals surface area (Å²) in [6.45, 7) is 3.95. The molecule has 1 aliphatic heterocycles. The normalized spacial score (nSPS) is 19.7. The van der Waals surface area contributed by atoms with Gasteiger partial charge in [-0.05, 0) is 44.8 Å². The maximum atomic E-state index is 13.7. The molecule has 1 aromatic rings. The first-order valence-electron chi connectivity index (χ1n) is 5.91. The maximum absolute atomic E-state index is 13.7. The SMILES string of the molecule is Cc1ccc(F)c([C@H](N)C2CCNCC2)c1. The van der Waals surface area contributed by atoms with Gasteiger partial charge in [0.1, 0.15) is 5.82 Å². The predicted molar refractivity (Wildman–Crippen MR) is 63.7 cm³/mol. The van der Waals surface area contributed by atoms with E-state index in [0.29, 0.717) is 11.5 Å². The molecule has 0 amide bonds. The Labute approximate surface area is 96.0 Å². The molecule has 1 aromatic carbocycles. The van der Waals surface area contributed by atoms with Crippen molar-refractivity contribution in [3.63, 3.8) is 0 Å². The zero-order valence-corrected chi connectivity index (χ0v) is 9.67. The molecule has 0 aromatic heterocycles. The third kappa shape index (κ3) is 2.42. The summed E-state index contributed by atoms with van der Waals surface area (Å²) in [7, 11) is 0. The van der Waals surface area contributed by atoms with Crippen molar-refractivity contribution in [1.29, 1.82) is 0 Å². The number of hydrogen-bond acceptors (Lipinski definition) is 2. The summed E-state index contributed by atoms with van der Waals surface area (Å²) in [6.07, 6.45) is 2.07. The van der Waals surface area contributed by atoms with E-state index in [9.17, 15) is 4.39 Å². The van der Waals surface area contributed by atoms with Crippen LogP contribution in [0.2, 0.25) is 0 Å². The van der Waals surface area contributed by atoms with Gasteiger partial charge in [0.25, 0.3) is 0 Å². The van der Waals surface area contributed by atoms with Crippen molar-refractivity contribution in [2.45, 2.75) is 25.8 Å². The highest BCUT2D eigenvalue weighted by atomic mass is 19.1. The summed E-state index contributed by atoms with van der Waals surface area (Å²) < 4.78 is 13.7. The second kappa shape index (κ2) is 4.93. The van der Waals surface area contributed by atoms with Gasteiger partial charge in [-0.15, -0.1) is 0 Å². The molecule has 2 nitrogen and oxygen atoms in total. The lowest BCUT2D eigenvalue weighted by atomic mass is 9.86. The number of rotatable bonds is 2. The smallest absolute Gasteiger partial charge is 0.127 e. The van der Waals surface area contributed by atoms with Crippen LogP contribution in [-0.2, 0) is 0 Å². The quantitative estimate of drug-likeness (QED) is 0.804. The molecule has 0 bridgehead atoms. The molecule has 1 fully saturated rings. The van der Waals surface area contributed by atoms with E-state index < -0.39 is 0 Å². The molecule has 1 heterocycles. The molecule has 3 N–H and O–H groups in total. The average Bonchev–Trinajstić information content (AvgIpc) is 2.32. The predicted octanol–water partition coefficient (Wildman–Crippen LogP) is 2.13. The van der Waals surface area contributed by atoms with Crippen molar-refractivity contribution < 1.29 is 4.39 Å². The molecule has 3 heteroatoms. The number of nitrogens with one attached hydrogen (secondary N) is 1. The Hall–Kier alpha value is -0.930. The van der Waals surface area contributed by atoms with Crippen LogP contribution in [-0.4, -0.2) is 13.1 Å². The van der Waals surface area contributed by atoms with Crippen LogP contribution < -0.4 is 11.1 Å². The van der Waals surface area contributed by atoms with Crippen molar-refractivity contribution in [3.8, 4) is 0 Å². The molecule has 0 unspecified atom stereocenters. The Kier molecular flexibility index (Phi) is 3.56. The summed E-state index contributed by atoms with van der Waals surface area (Å²) >= 11 is 0. The van der Waals surface area contributed by atoms with E-state index in [1.54, 1.807) is 6.07 Å². The van der Waals surface area contributed by atoms with Gasteiger partial charge in [-0.1, -0.05) is 17.7 Å². The first kappa shape index (κ1) is 11.6. The van der Waals surface area contributed by atoms with Crippen LogP contribution in [0.25, 0.3) is 0 Å². The average molecular weight is 222 g/mol. The fourth-order valence-corrected chi connectivity index (χ4v) is 2.38. The monoisotopic (exact) mass is 222 g/mol. The maximum Gasteiger partial charge on any atom is 0.127 e. The van der Waals surface area contributed by atoms with Gasteiger partial charge in [-0.2, -0.15) is 0 Å². The number of hydrogen-bond donors (Lipinski definition) is 2. The van der Waals surface area contributed by atoms with Crippen molar-refractivity contribution in [2.24, 2.45) is 11.7 Å². The van der Waals surface area contributed by atoms with Crippen LogP contribution >= 0.6 is 0 Å². The van der Waals surface area contributed by atoms with Crippen molar-refractivity contribution in [1.82, 2.24) is 5.32 Å². The topological polar surface area (TPSA) is 38.0 Å². The van der Waals surface area contributed by atoms with Gasteiger partial charge in [0.05, 0.1) is 0 Å². The molecule has 0 aliphatic carbocycles. The Morgan fingerprint density at radius 2 is 2.06 bits per heavy atom. The first-order chi connectivity index (χ1) is 7.68. The number of halogens is 1. The van der Waals surface area contributed by atoms with E-state index in [4.69, 9.17) is 5.73 Å². The molecule has 2 rings (SSSR count). The van der Waals surface area contributed by atoms with Crippen LogP contribution in [0, 0.1) is 18.7 Å². The van der Waals surface area contributed by atoms with Crippen LogP contribution in [0.4, 0.5) is 4.39 Å². The molecule has 1 aliphatic rings. The van der Waals surface area contributed by atoms with Gasteiger partial charge < -0.3 is 11.1 Å². The second-order valence-corrected chi connectivity index (χ2v) is 4.64. The van der Waals surface area contributed by atoms with Gasteiger partial charge in [-0.3, -0.25) is 0 Å². The van der Waals surface area contributed by atoms with E-state index in [0.717, 1.165) is 31.5 Å². The highest BCUT2D eigenvalue weighted by Crippen LogP contribution is 2.28. The highest BCUT2D eigenvalue weighted by Gasteiger charge is 2.23. The molecular weight excluding hydrogens is 203 g/mol. The standard InChI is InChI=1S/C13H19FN2/c1-9-2-3-12(14)11(8-9)13(15)10-4-6-16-7-5-10/h2-3,8,10,13,16H,4-7,15H2,1H3/t13-/m1/s1. The minimum Gasteiger partial charge on any atom is -0.324 e. The van der Waals surface area contributed by atoms with Gasteiger partial charge in [0.15, 0.2) is 0 Å². The van der Waals surface area contributed by atoms with E-state index in [-0.39, 0.29) is 11.9 Å². The minimum absolute atomic E-state index is 0.165. The van der Waals surface area contributed by atoms with Gasteiger partial charge in [-0.25, -0.2) is 4.39 Å². The molecule has 0 saturated carbocycles. The molecule has 88 valence electrons. The number of aryl methyl sites for hydroxylation is 1. The number of nitrogens with two attached hydrogens (primary N) is 1. The van der Waals surface area contributed by atoms with Crippen LogP contribution in [0.1, 0.15) is 30.0 Å². The third-order valence-electron chi connectivity index (χ3n) is 3.40. The first-order valence-corrected chi connectivity index (χ1v) is 5.91. The second-order valence-electron chi connectivity index (χ2n) is 4.64. The Balaban J connectivity index is 2.18. The van der Waals surface area contributed by atoms with Crippen LogP contribution in [0.15, 0.2) is 18.2 Å². The Bertz CT molecular complexity index is 359. The summed E-state index contributed by atoms with van der Waals surface area (Å²) in [5, 5.41) is 3.30. The van der Waals surface area contributed by atoms with Crippen LogP contribution in [0.5, 0.6) is 0 Å². The van der Waals surface area contributed by atoms with Crippen molar-refractivity contribution >= 4 is 0 Å². The molecular formula is C13H19FN2. The zero-order chi connectivity index (χ0) is 11.5. The van der Waals surface area contributed by atoms with E-state index in [2.05, 4.69) is 5.32 Å². The van der Waals surface area contributed by atoms with E-state index >= 15 is 0 Å². The lowest BCUT2D eigenvalue weighted by molar-refractivity contribution is 0.317. The fourth-order valence-electron chi connectivity index (χ4n) is 2.38. The summed E-state index contributed by atoms with van der Waals surface area (Å²) in [6, 6.07) is 5.02.